The molecule has 2 fully saturated rings. The molecule has 2 aromatic rings. The fourth-order valence-electron chi connectivity index (χ4n) is 5.07. The summed E-state index contributed by atoms with van der Waals surface area (Å²) in [6.07, 6.45) is -6.86. The number of esters is 1. The van der Waals surface area contributed by atoms with Crippen molar-refractivity contribution in [2.75, 3.05) is 18.0 Å². The summed E-state index contributed by atoms with van der Waals surface area (Å²) in [6.45, 7) is 1.38. The number of carboxylic acids is 1. The topological polar surface area (TPSA) is 146 Å². The van der Waals surface area contributed by atoms with Crippen LogP contribution in [0.2, 0.25) is 0 Å². The van der Waals surface area contributed by atoms with Gasteiger partial charge in [-0.05, 0) is 36.8 Å². The number of hydrogen-bond donors (Lipinski definition) is 4. The Morgan fingerprint density at radius 1 is 1.21 bits per heavy atom. The van der Waals surface area contributed by atoms with Gasteiger partial charge in [0.2, 0.25) is 0 Å². The predicted octanol–water partition coefficient (Wildman–Crippen LogP) is 1.93. The van der Waals surface area contributed by atoms with Gasteiger partial charge in [-0.2, -0.15) is 13.2 Å². The number of nitrogens with zero attached hydrogens (tertiary/aromatic N) is 1. The van der Waals surface area contributed by atoms with Gasteiger partial charge in [-0.15, -0.1) is 0 Å². The van der Waals surface area contributed by atoms with Crippen molar-refractivity contribution < 1.29 is 37.7 Å². The summed E-state index contributed by atoms with van der Waals surface area (Å²) < 4.78 is 43.7. The number of ether oxygens (including phenoxy) is 1. The second-order valence-corrected chi connectivity index (χ2v) is 8.85. The standard InChI is InChI=1S/C22H20F3N3O6/c23-22(24,25)21(33)34-14-4-3-10-17(27-19(30)15(18(10)29)20(31)32)9-2-1-8(5-11(9)14)28-6-12-13(7-28)16(12)26/h1-2,5,12-14,16H,3-4,6-7,26H2,(H,31,32)(H2,27,29,30)/t12-,13+,14?,16+. The number of anilines is 1. The fraction of sp³-hybridized carbons (Fsp3) is 0.409. The highest BCUT2D eigenvalue weighted by atomic mass is 19.4. The third-order valence-corrected chi connectivity index (χ3v) is 6.92. The number of carbonyl (C=O) groups is 2. The zero-order valence-electron chi connectivity index (χ0n) is 17.6. The van der Waals surface area contributed by atoms with E-state index in [4.69, 9.17) is 10.5 Å². The molecule has 1 aliphatic heterocycles. The number of aromatic carboxylic acids is 1. The van der Waals surface area contributed by atoms with Crippen LogP contribution in [0.25, 0.3) is 11.3 Å². The molecule has 2 heterocycles. The monoisotopic (exact) mass is 479 g/mol. The lowest BCUT2D eigenvalue weighted by Gasteiger charge is -2.25. The Morgan fingerprint density at radius 3 is 2.50 bits per heavy atom. The van der Waals surface area contributed by atoms with Gasteiger partial charge >= 0.3 is 18.1 Å². The Morgan fingerprint density at radius 2 is 1.88 bits per heavy atom. The molecule has 1 saturated heterocycles. The number of hydrogen-bond acceptors (Lipinski definition) is 7. The van der Waals surface area contributed by atoms with E-state index in [-0.39, 0.29) is 41.3 Å². The summed E-state index contributed by atoms with van der Waals surface area (Å²) in [5.74, 6) is -4.08. The van der Waals surface area contributed by atoms with Crippen molar-refractivity contribution in [1.82, 2.24) is 4.98 Å². The molecule has 9 nitrogen and oxygen atoms in total. The Labute approximate surface area is 189 Å². The SMILES string of the molecule is N[C@@H]1[C@H]2CN(c3ccc4c(c3)C(OC(=O)C(F)(F)F)CCc3c-4[nH]c(=O)c(C(=O)O)c3O)C[C@@H]12. The highest BCUT2D eigenvalue weighted by Crippen LogP contribution is 2.47. The molecule has 4 atom stereocenters. The minimum absolute atomic E-state index is 0.0462. The molecule has 12 heteroatoms. The second kappa shape index (κ2) is 7.49. The number of aromatic hydroxyl groups is 1. The lowest BCUT2D eigenvalue weighted by molar-refractivity contribution is -0.205. The number of halogens is 3. The van der Waals surface area contributed by atoms with E-state index in [1.165, 1.54) is 0 Å². The van der Waals surface area contributed by atoms with Gasteiger partial charge in [0.05, 0.1) is 5.69 Å². The minimum atomic E-state index is -5.21. The normalized spacial score (nSPS) is 25.1. The van der Waals surface area contributed by atoms with Crippen molar-refractivity contribution in [1.29, 1.82) is 0 Å². The predicted molar refractivity (Wildman–Crippen MR) is 112 cm³/mol. The number of nitrogens with one attached hydrogen (secondary N) is 1. The average Bonchev–Trinajstić information content (AvgIpc) is 3.17. The molecule has 3 aliphatic rings. The van der Waals surface area contributed by atoms with Crippen LogP contribution in [0.4, 0.5) is 18.9 Å². The van der Waals surface area contributed by atoms with Crippen molar-refractivity contribution in [2.45, 2.75) is 31.2 Å². The van der Waals surface area contributed by atoms with Crippen LogP contribution in [-0.4, -0.2) is 52.4 Å². The van der Waals surface area contributed by atoms with Crippen LogP contribution in [-0.2, 0) is 16.0 Å². The molecule has 2 aliphatic carbocycles. The van der Waals surface area contributed by atoms with Gasteiger partial charge in [-0.3, -0.25) is 4.79 Å². The van der Waals surface area contributed by atoms with Crippen LogP contribution in [0.5, 0.6) is 5.75 Å². The average molecular weight is 479 g/mol. The number of aromatic nitrogens is 1. The number of nitrogens with two attached hydrogens (primary N) is 1. The van der Waals surface area contributed by atoms with E-state index >= 15 is 0 Å². The van der Waals surface area contributed by atoms with E-state index < -0.39 is 41.1 Å². The first-order valence-electron chi connectivity index (χ1n) is 10.6. The molecular weight excluding hydrogens is 459 g/mol. The highest BCUT2D eigenvalue weighted by Gasteiger charge is 2.53. The van der Waals surface area contributed by atoms with E-state index in [2.05, 4.69) is 4.98 Å². The van der Waals surface area contributed by atoms with E-state index in [0.29, 0.717) is 30.6 Å². The van der Waals surface area contributed by atoms with Crippen molar-refractivity contribution in [2.24, 2.45) is 17.6 Å². The lowest BCUT2D eigenvalue weighted by atomic mass is 9.98. The summed E-state index contributed by atoms with van der Waals surface area (Å²) in [5.41, 5.74) is 5.34. The van der Waals surface area contributed by atoms with E-state index in [1.54, 1.807) is 18.2 Å². The number of benzene rings is 1. The van der Waals surface area contributed by atoms with Gasteiger partial charge in [0, 0.05) is 41.5 Å². The number of alkyl halides is 3. The third-order valence-electron chi connectivity index (χ3n) is 6.92. The van der Waals surface area contributed by atoms with Crippen molar-refractivity contribution >= 4 is 17.6 Å². The van der Waals surface area contributed by atoms with Gasteiger partial charge in [0.1, 0.15) is 11.9 Å². The van der Waals surface area contributed by atoms with Crippen LogP contribution in [0.1, 0.15) is 34.0 Å². The number of fused-ring (bicyclic) bond motifs is 4. The zero-order valence-corrected chi connectivity index (χ0v) is 17.6. The maximum Gasteiger partial charge on any atom is 0.490 e. The molecule has 5 rings (SSSR count). The van der Waals surface area contributed by atoms with Crippen LogP contribution in [0, 0.1) is 11.8 Å². The number of aromatic amines is 1. The number of carboxylic acid groups (broad SMARTS) is 1. The number of carbonyl (C=O) groups excluding carboxylic acids is 1. The molecule has 0 spiro atoms. The second-order valence-electron chi connectivity index (χ2n) is 8.85. The summed E-state index contributed by atoms with van der Waals surface area (Å²) in [5, 5.41) is 19.8. The molecule has 1 saturated carbocycles. The first kappa shape index (κ1) is 22.3. The summed E-state index contributed by atoms with van der Waals surface area (Å²) in [4.78, 5) is 39.9. The molecule has 34 heavy (non-hydrogen) atoms. The Kier molecular flexibility index (Phi) is 4.90. The fourth-order valence-corrected chi connectivity index (χ4v) is 5.07. The molecule has 0 bridgehead atoms. The maximum absolute atomic E-state index is 13.0. The molecule has 0 radical (unpaired) electrons. The van der Waals surface area contributed by atoms with Crippen LogP contribution >= 0.6 is 0 Å². The number of rotatable bonds is 3. The summed E-state index contributed by atoms with van der Waals surface area (Å²) in [6, 6.07) is 5.02. The quantitative estimate of drug-likeness (QED) is 0.489. The van der Waals surface area contributed by atoms with Crippen molar-refractivity contribution in [3.8, 4) is 17.0 Å². The Bertz CT molecular complexity index is 1260. The van der Waals surface area contributed by atoms with Crippen LogP contribution < -0.4 is 16.2 Å². The first-order chi connectivity index (χ1) is 16.0. The molecule has 0 amide bonds. The first-order valence-corrected chi connectivity index (χ1v) is 10.6. The lowest BCUT2D eigenvalue weighted by Crippen LogP contribution is -2.29. The molecule has 1 unspecified atom stereocenters. The molecule has 5 N–H and O–H groups in total. The van der Waals surface area contributed by atoms with E-state index in [1.807, 2.05) is 4.90 Å². The van der Waals surface area contributed by atoms with Crippen LogP contribution in [0.15, 0.2) is 23.0 Å². The molecule has 1 aromatic carbocycles. The largest absolute Gasteiger partial charge is 0.506 e. The summed E-state index contributed by atoms with van der Waals surface area (Å²) >= 11 is 0. The van der Waals surface area contributed by atoms with Gasteiger partial charge < -0.3 is 30.6 Å². The Hall–Kier alpha value is -3.54. The Balaban J connectivity index is 1.62. The number of H-pyrrole nitrogens is 1. The zero-order chi connectivity index (χ0) is 24.5. The smallest absolute Gasteiger partial charge is 0.490 e. The number of pyridine rings is 1. The number of piperidine rings is 1. The van der Waals surface area contributed by atoms with Crippen LogP contribution in [0.3, 0.4) is 0 Å². The molecular formula is C22H20F3N3O6. The molecule has 1 aromatic heterocycles. The molecule has 180 valence electrons. The van der Waals surface area contributed by atoms with Gasteiger partial charge in [-0.25, -0.2) is 9.59 Å². The van der Waals surface area contributed by atoms with Gasteiger partial charge in [-0.1, -0.05) is 6.07 Å². The van der Waals surface area contributed by atoms with Crippen molar-refractivity contribution in [3.05, 3.63) is 45.2 Å². The van der Waals surface area contributed by atoms with Crippen molar-refractivity contribution in [3.63, 3.8) is 0 Å². The summed E-state index contributed by atoms with van der Waals surface area (Å²) in [7, 11) is 0. The maximum atomic E-state index is 13.0. The van der Waals surface area contributed by atoms with Gasteiger partial charge in [0.15, 0.2) is 5.56 Å². The third kappa shape index (κ3) is 3.49. The van der Waals surface area contributed by atoms with E-state index in [9.17, 15) is 37.8 Å². The van der Waals surface area contributed by atoms with E-state index in [0.717, 1.165) is 0 Å². The minimum Gasteiger partial charge on any atom is -0.506 e. The van der Waals surface area contributed by atoms with Gasteiger partial charge in [0.25, 0.3) is 5.56 Å². The highest BCUT2D eigenvalue weighted by molar-refractivity contribution is 5.92.